The van der Waals surface area contributed by atoms with Crippen LogP contribution in [-0.4, -0.2) is 11.5 Å². The third-order valence-corrected chi connectivity index (χ3v) is 1.32. The summed E-state index contributed by atoms with van der Waals surface area (Å²) in [5, 5.41) is 8.71. The van der Waals surface area contributed by atoms with Gasteiger partial charge >= 0.3 is 0 Å². The highest BCUT2D eigenvalue weighted by molar-refractivity contribution is 6.29. The van der Waals surface area contributed by atoms with Gasteiger partial charge in [0.1, 0.15) is 22.5 Å². The fourth-order valence-electron chi connectivity index (χ4n) is 0.636. The summed E-state index contributed by atoms with van der Waals surface area (Å²) in [4.78, 5) is 3.60. The van der Waals surface area contributed by atoms with Crippen LogP contribution in [0.25, 0.3) is 0 Å². The topological polar surface area (TPSA) is 45.9 Å². The molecule has 0 aromatic carbocycles. The SMILES string of the molecule is [2H]C([2H])([2H])C([2H])([2H])Oc1cc(Cl)ncc1C#N. The van der Waals surface area contributed by atoms with E-state index in [0.29, 0.717) is 0 Å². The van der Waals surface area contributed by atoms with Gasteiger partial charge in [-0.3, -0.25) is 0 Å². The predicted octanol–water partition coefficient (Wildman–Crippen LogP) is 2.01. The van der Waals surface area contributed by atoms with Gasteiger partial charge in [-0.05, 0) is 6.85 Å². The fourth-order valence-corrected chi connectivity index (χ4v) is 0.784. The molecule has 4 heteroatoms. The van der Waals surface area contributed by atoms with E-state index < -0.39 is 13.4 Å². The van der Waals surface area contributed by atoms with Crippen molar-refractivity contribution < 1.29 is 11.6 Å². The number of nitrogens with zero attached hydrogens (tertiary/aromatic N) is 2. The van der Waals surface area contributed by atoms with E-state index in [4.69, 9.17) is 28.5 Å². The lowest BCUT2D eigenvalue weighted by molar-refractivity contribution is 0.339. The second-order valence-electron chi connectivity index (χ2n) is 1.82. The Labute approximate surface area is 82.6 Å². The Balaban J connectivity index is 3.12. The summed E-state index contributed by atoms with van der Waals surface area (Å²) in [6.45, 7) is -5.89. The Bertz CT molecular complexity index is 468. The molecule has 0 fully saturated rings. The number of aromatic nitrogens is 1. The molecule has 0 aliphatic heterocycles. The van der Waals surface area contributed by atoms with Crippen molar-refractivity contribution >= 4 is 11.6 Å². The Kier molecular flexibility index (Phi) is 1.35. The molecule has 0 atom stereocenters. The summed E-state index contributed by atoms with van der Waals surface area (Å²) in [5.74, 6) is -0.256. The summed E-state index contributed by atoms with van der Waals surface area (Å²) >= 11 is 5.55. The number of halogens is 1. The van der Waals surface area contributed by atoms with Gasteiger partial charge < -0.3 is 4.74 Å². The quantitative estimate of drug-likeness (QED) is 0.666. The maximum atomic E-state index is 8.73. The van der Waals surface area contributed by atoms with E-state index in [2.05, 4.69) is 4.98 Å². The summed E-state index contributed by atoms with van der Waals surface area (Å²) in [7, 11) is 0. The van der Waals surface area contributed by atoms with Crippen LogP contribution < -0.4 is 4.74 Å². The van der Waals surface area contributed by atoms with Gasteiger partial charge in [0, 0.05) is 10.2 Å². The molecule has 62 valence electrons. The van der Waals surface area contributed by atoms with Gasteiger partial charge in [-0.1, -0.05) is 11.6 Å². The molecule has 0 N–H and O–H groups in total. The van der Waals surface area contributed by atoms with Gasteiger partial charge in [-0.2, -0.15) is 5.26 Å². The van der Waals surface area contributed by atoms with Crippen LogP contribution in [0.1, 0.15) is 19.3 Å². The second-order valence-corrected chi connectivity index (χ2v) is 2.21. The first-order chi connectivity index (χ1) is 7.67. The van der Waals surface area contributed by atoms with Crippen molar-refractivity contribution in [2.75, 3.05) is 6.56 Å². The van der Waals surface area contributed by atoms with E-state index in [9.17, 15) is 0 Å². The monoisotopic (exact) mass is 187 g/mol. The molecule has 0 saturated carbocycles. The first-order valence-corrected chi connectivity index (χ1v) is 3.30. The van der Waals surface area contributed by atoms with Gasteiger partial charge in [-0.25, -0.2) is 4.98 Å². The zero-order chi connectivity index (χ0) is 13.3. The van der Waals surface area contributed by atoms with Gasteiger partial charge in [0.2, 0.25) is 0 Å². The van der Waals surface area contributed by atoms with Gasteiger partial charge in [0.25, 0.3) is 0 Å². The number of pyridine rings is 1. The summed E-state index contributed by atoms with van der Waals surface area (Å²) in [5.41, 5.74) is -0.0949. The van der Waals surface area contributed by atoms with Crippen molar-refractivity contribution in [1.82, 2.24) is 4.98 Å². The molecule has 0 radical (unpaired) electrons. The molecular formula is C8H7ClN2O. The van der Waals surface area contributed by atoms with Crippen LogP contribution >= 0.6 is 11.6 Å². The summed E-state index contributed by atoms with van der Waals surface area (Å²) in [6, 6.07) is 2.79. The average molecular weight is 188 g/mol. The zero-order valence-electron chi connectivity index (χ0n) is 10.8. The second kappa shape index (κ2) is 3.93. The van der Waals surface area contributed by atoms with Crippen molar-refractivity contribution in [1.29, 1.82) is 5.26 Å². The molecule has 0 saturated heterocycles. The molecule has 1 aromatic heterocycles. The molecule has 0 bridgehead atoms. The largest absolute Gasteiger partial charge is 0.492 e. The van der Waals surface area contributed by atoms with E-state index in [1.165, 1.54) is 0 Å². The van der Waals surface area contributed by atoms with Crippen LogP contribution in [0.2, 0.25) is 5.15 Å². The number of hydrogen-bond acceptors (Lipinski definition) is 3. The third-order valence-electron chi connectivity index (χ3n) is 1.11. The van der Waals surface area contributed by atoms with Gasteiger partial charge in [0.15, 0.2) is 0 Å². The number of nitriles is 1. The minimum absolute atomic E-state index is 0.0275. The predicted molar refractivity (Wildman–Crippen MR) is 45.1 cm³/mol. The van der Waals surface area contributed by atoms with Crippen LogP contribution in [0.4, 0.5) is 0 Å². The molecule has 0 unspecified atom stereocenters. The number of rotatable bonds is 2. The highest BCUT2D eigenvalue weighted by Gasteiger charge is 2.03. The molecule has 0 aliphatic rings. The van der Waals surface area contributed by atoms with Crippen molar-refractivity contribution in [3.8, 4) is 11.8 Å². The molecule has 1 rings (SSSR count). The Morgan fingerprint density at radius 1 is 2.00 bits per heavy atom. The molecule has 1 aromatic rings. The number of ether oxygens (including phenoxy) is 1. The van der Waals surface area contributed by atoms with E-state index in [1.54, 1.807) is 6.07 Å². The summed E-state index contributed by atoms with van der Waals surface area (Å²) < 4.78 is 40.1. The fraction of sp³-hybridized carbons (Fsp3) is 0.250. The molecule has 12 heavy (non-hydrogen) atoms. The Morgan fingerprint density at radius 3 is 3.50 bits per heavy atom. The van der Waals surface area contributed by atoms with E-state index in [0.717, 1.165) is 12.3 Å². The zero-order valence-corrected chi connectivity index (χ0v) is 6.59. The van der Waals surface area contributed by atoms with Crippen LogP contribution in [0.5, 0.6) is 5.75 Å². The van der Waals surface area contributed by atoms with Crippen molar-refractivity contribution in [2.45, 2.75) is 6.85 Å². The normalized spacial score (nSPS) is 17.5. The summed E-state index contributed by atoms with van der Waals surface area (Å²) in [6.07, 6.45) is 1.08. The van der Waals surface area contributed by atoms with E-state index >= 15 is 0 Å². The third kappa shape index (κ3) is 1.86. The maximum absolute atomic E-state index is 8.73. The van der Waals surface area contributed by atoms with Crippen LogP contribution in [0.15, 0.2) is 12.3 Å². The molecule has 0 spiro atoms. The van der Waals surface area contributed by atoms with Crippen molar-refractivity contribution in [3.63, 3.8) is 0 Å². The Hall–Kier alpha value is -1.27. The first kappa shape index (κ1) is 4.11. The minimum atomic E-state index is -2.98. The molecular weight excluding hydrogens is 176 g/mol. The van der Waals surface area contributed by atoms with Crippen LogP contribution in [0.3, 0.4) is 0 Å². The highest BCUT2D eigenvalue weighted by Crippen LogP contribution is 2.19. The lowest BCUT2D eigenvalue weighted by Crippen LogP contribution is -1.95. The molecule has 3 nitrogen and oxygen atoms in total. The molecule has 0 amide bonds. The van der Waals surface area contributed by atoms with Gasteiger partial charge in [-0.15, -0.1) is 0 Å². The lowest BCUT2D eigenvalue weighted by atomic mass is 10.3. The molecule has 1 heterocycles. The van der Waals surface area contributed by atoms with Crippen molar-refractivity contribution in [3.05, 3.63) is 23.0 Å². The Morgan fingerprint density at radius 2 is 2.83 bits per heavy atom. The van der Waals surface area contributed by atoms with Crippen molar-refractivity contribution in [2.24, 2.45) is 0 Å². The standard InChI is InChI=1S/C8H7ClN2O/c1-2-12-7-3-8(9)11-5-6(7)4-10/h3,5H,2H2,1H3/i1D3,2D2. The lowest BCUT2D eigenvalue weighted by Gasteiger charge is -2.03. The van der Waals surface area contributed by atoms with E-state index in [1.807, 2.05) is 0 Å². The highest BCUT2D eigenvalue weighted by atomic mass is 35.5. The maximum Gasteiger partial charge on any atom is 0.141 e. The first-order valence-electron chi connectivity index (χ1n) is 5.42. The van der Waals surface area contributed by atoms with Crippen LogP contribution in [-0.2, 0) is 0 Å². The minimum Gasteiger partial charge on any atom is -0.492 e. The van der Waals surface area contributed by atoms with Crippen LogP contribution in [0, 0.1) is 11.3 Å². The van der Waals surface area contributed by atoms with E-state index in [-0.39, 0.29) is 16.5 Å². The number of hydrogen-bond donors (Lipinski definition) is 0. The average Bonchev–Trinajstić information content (AvgIpc) is 2.15. The smallest absolute Gasteiger partial charge is 0.141 e. The molecule has 0 aliphatic carbocycles. The van der Waals surface area contributed by atoms with Gasteiger partial charge in [0.05, 0.1) is 15.5 Å².